The highest BCUT2D eigenvalue weighted by Gasteiger charge is 2.19. The number of hydrogen-bond acceptors (Lipinski definition) is 5. The van der Waals surface area contributed by atoms with Crippen LogP contribution in [0.1, 0.15) is 12.0 Å². The van der Waals surface area contributed by atoms with Crippen molar-refractivity contribution in [3.63, 3.8) is 0 Å². The molecule has 110 valence electrons. The van der Waals surface area contributed by atoms with E-state index in [1.165, 1.54) is 0 Å². The average molecular weight is 296 g/mol. The molecule has 1 aromatic rings. The van der Waals surface area contributed by atoms with E-state index < -0.39 is 6.04 Å². The third-order valence-corrected chi connectivity index (χ3v) is 3.83. The Morgan fingerprint density at radius 1 is 1.45 bits per heavy atom. The zero-order valence-corrected chi connectivity index (χ0v) is 12.6. The predicted molar refractivity (Wildman–Crippen MR) is 80.0 cm³/mol. The maximum atomic E-state index is 12.1. The van der Waals surface area contributed by atoms with Crippen molar-refractivity contribution in [2.45, 2.75) is 19.0 Å². The summed E-state index contributed by atoms with van der Waals surface area (Å²) in [5, 5.41) is 0. The van der Waals surface area contributed by atoms with E-state index in [0.717, 1.165) is 22.8 Å². The second-order valence-corrected chi connectivity index (χ2v) is 5.76. The topological polar surface area (TPSA) is 64.8 Å². The largest absolute Gasteiger partial charge is 0.454 e. The molecule has 0 saturated carbocycles. The molecule has 1 aromatic carbocycles. The number of likely N-dealkylation sites (N-methyl/N-ethyl adjacent to an activating group) is 1. The van der Waals surface area contributed by atoms with Gasteiger partial charge in [-0.3, -0.25) is 4.79 Å². The van der Waals surface area contributed by atoms with Gasteiger partial charge in [-0.05, 0) is 36.1 Å². The number of hydrogen-bond donors (Lipinski definition) is 1. The van der Waals surface area contributed by atoms with Crippen LogP contribution in [-0.2, 0) is 11.3 Å². The van der Waals surface area contributed by atoms with Crippen LogP contribution in [0.3, 0.4) is 0 Å². The Bertz CT molecular complexity index is 481. The Kier molecular flexibility index (Phi) is 5.14. The van der Waals surface area contributed by atoms with Gasteiger partial charge in [-0.2, -0.15) is 11.8 Å². The lowest BCUT2D eigenvalue weighted by Crippen LogP contribution is -2.41. The van der Waals surface area contributed by atoms with Crippen LogP contribution in [0.25, 0.3) is 0 Å². The number of amides is 1. The summed E-state index contributed by atoms with van der Waals surface area (Å²) in [7, 11) is 1.77. The molecule has 1 atom stereocenters. The molecule has 6 heteroatoms. The van der Waals surface area contributed by atoms with Gasteiger partial charge in [-0.25, -0.2) is 0 Å². The molecule has 0 aromatic heterocycles. The molecular formula is C14H20N2O3S. The van der Waals surface area contributed by atoms with Gasteiger partial charge in [0.05, 0.1) is 6.04 Å². The molecular weight excluding hydrogens is 276 g/mol. The van der Waals surface area contributed by atoms with Gasteiger partial charge in [0.15, 0.2) is 11.5 Å². The van der Waals surface area contributed by atoms with Gasteiger partial charge >= 0.3 is 0 Å². The zero-order chi connectivity index (χ0) is 14.5. The van der Waals surface area contributed by atoms with Crippen molar-refractivity contribution in [3.8, 4) is 11.5 Å². The minimum absolute atomic E-state index is 0.0308. The normalized spacial score (nSPS) is 14.2. The van der Waals surface area contributed by atoms with Gasteiger partial charge in [0, 0.05) is 13.6 Å². The maximum absolute atomic E-state index is 12.1. The first kappa shape index (κ1) is 15.0. The third kappa shape index (κ3) is 3.58. The summed E-state index contributed by atoms with van der Waals surface area (Å²) < 4.78 is 10.6. The lowest BCUT2D eigenvalue weighted by atomic mass is 10.1. The van der Waals surface area contributed by atoms with E-state index in [-0.39, 0.29) is 12.7 Å². The minimum atomic E-state index is -0.429. The number of rotatable bonds is 6. The van der Waals surface area contributed by atoms with Crippen LogP contribution in [0.15, 0.2) is 18.2 Å². The van der Waals surface area contributed by atoms with Crippen molar-refractivity contribution in [3.05, 3.63) is 23.8 Å². The van der Waals surface area contributed by atoms with Crippen LogP contribution in [0.4, 0.5) is 0 Å². The number of carbonyl (C=O) groups excluding carboxylic acids is 1. The third-order valence-electron chi connectivity index (χ3n) is 3.18. The number of fused-ring (bicyclic) bond motifs is 1. The van der Waals surface area contributed by atoms with E-state index in [1.807, 2.05) is 24.5 Å². The molecule has 0 unspecified atom stereocenters. The van der Waals surface area contributed by atoms with Gasteiger partial charge in [0.1, 0.15) is 0 Å². The van der Waals surface area contributed by atoms with Crippen LogP contribution in [0, 0.1) is 0 Å². The Morgan fingerprint density at radius 3 is 2.95 bits per heavy atom. The van der Waals surface area contributed by atoms with Crippen molar-refractivity contribution < 1.29 is 14.3 Å². The molecule has 2 N–H and O–H groups in total. The van der Waals surface area contributed by atoms with Gasteiger partial charge < -0.3 is 20.1 Å². The summed E-state index contributed by atoms with van der Waals surface area (Å²) in [6.45, 7) is 0.773. The van der Waals surface area contributed by atoms with Crippen molar-refractivity contribution in [2.75, 3.05) is 25.8 Å². The van der Waals surface area contributed by atoms with Gasteiger partial charge in [0.25, 0.3) is 0 Å². The van der Waals surface area contributed by atoms with Crippen molar-refractivity contribution in [1.82, 2.24) is 4.90 Å². The number of carbonyl (C=O) groups is 1. The second-order valence-electron chi connectivity index (χ2n) is 4.77. The van der Waals surface area contributed by atoms with E-state index >= 15 is 0 Å². The van der Waals surface area contributed by atoms with Crippen LogP contribution in [-0.4, -0.2) is 42.7 Å². The summed E-state index contributed by atoms with van der Waals surface area (Å²) in [5.74, 6) is 2.34. The van der Waals surface area contributed by atoms with Crippen LogP contribution < -0.4 is 15.2 Å². The Balaban J connectivity index is 1.93. The molecule has 0 fully saturated rings. The molecule has 5 nitrogen and oxygen atoms in total. The molecule has 20 heavy (non-hydrogen) atoms. The number of benzene rings is 1. The molecule has 0 radical (unpaired) electrons. The lowest BCUT2D eigenvalue weighted by Gasteiger charge is -2.21. The average Bonchev–Trinajstić information content (AvgIpc) is 2.91. The first-order valence-corrected chi connectivity index (χ1v) is 7.89. The number of nitrogens with two attached hydrogens (primary N) is 1. The highest BCUT2D eigenvalue weighted by atomic mass is 32.2. The van der Waals surface area contributed by atoms with E-state index in [0.29, 0.717) is 13.0 Å². The monoisotopic (exact) mass is 296 g/mol. The fraction of sp³-hybridized carbons (Fsp3) is 0.500. The maximum Gasteiger partial charge on any atom is 0.239 e. The molecule has 0 spiro atoms. The fourth-order valence-corrected chi connectivity index (χ4v) is 2.53. The molecule has 1 heterocycles. The Morgan fingerprint density at radius 2 is 2.20 bits per heavy atom. The van der Waals surface area contributed by atoms with Crippen LogP contribution in [0.5, 0.6) is 11.5 Å². The SMILES string of the molecule is CSCC[C@H](N)C(=O)N(C)Cc1ccc2c(c1)OCO2. The summed E-state index contributed by atoms with van der Waals surface area (Å²) in [5.41, 5.74) is 6.90. The van der Waals surface area contributed by atoms with E-state index in [9.17, 15) is 4.79 Å². The van der Waals surface area contributed by atoms with Crippen LogP contribution >= 0.6 is 11.8 Å². The zero-order valence-electron chi connectivity index (χ0n) is 11.8. The van der Waals surface area contributed by atoms with Gasteiger partial charge in [-0.1, -0.05) is 6.07 Å². The molecule has 1 aliphatic rings. The van der Waals surface area contributed by atoms with E-state index in [2.05, 4.69) is 0 Å². The Labute approximate surface area is 123 Å². The molecule has 0 bridgehead atoms. The van der Waals surface area contributed by atoms with Crippen molar-refractivity contribution >= 4 is 17.7 Å². The van der Waals surface area contributed by atoms with E-state index in [1.54, 1.807) is 23.7 Å². The lowest BCUT2D eigenvalue weighted by molar-refractivity contribution is -0.131. The van der Waals surface area contributed by atoms with Gasteiger partial charge in [-0.15, -0.1) is 0 Å². The Hall–Kier alpha value is -1.40. The van der Waals surface area contributed by atoms with Crippen molar-refractivity contribution in [1.29, 1.82) is 0 Å². The smallest absolute Gasteiger partial charge is 0.239 e. The minimum Gasteiger partial charge on any atom is -0.454 e. The van der Waals surface area contributed by atoms with E-state index in [4.69, 9.17) is 15.2 Å². The quantitative estimate of drug-likeness (QED) is 0.861. The first-order chi connectivity index (χ1) is 9.61. The summed E-state index contributed by atoms with van der Waals surface area (Å²) in [4.78, 5) is 13.8. The molecule has 2 rings (SSSR count). The number of thioether (sulfide) groups is 1. The predicted octanol–water partition coefficient (Wildman–Crippen LogP) is 1.45. The highest BCUT2D eigenvalue weighted by molar-refractivity contribution is 7.98. The van der Waals surface area contributed by atoms with Crippen molar-refractivity contribution in [2.24, 2.45) is 5.73 Å². The standard InChI is InChI=1S/C14H20N2O3S/c1-16(14(17)11(15)5-6-20-2)8-10-3-4-12-13(7-10)19-9-18-12/h3-4,7,11H,5-6,8-9,15H2,1-2H3/t11-/m0/s1. The fourth-order valence-electron chi connectivity index (χ4n) is 2.04. The molecule has 1 amide bonds. The molecule has 1 aliphatic heterocycles. The molecule has 0 saturated heterocycles. The first-order valence-electron chi connectivity index (χ1n) is 6.50. The number of nitrogens with zero attached hydrogens (tertiary/aromatic N) is 1. The van der Waals surface area contributed by atoms with Crippen LogP contribution in [0.2, 0.25) is 0 Å². The van der Waals surface area contributed by atoms with Gasteiger partial charge in [0.2, 0.25) is 12.7 Å². The summed E-state index contributed by atoms with van der Waals surface area (Å²) in [6.07, 6.45) is 2.71. The number of ether oxygens (including phenoxy) is 2. The summed E-state index contributed by atoms with van der Waals surface area (Å²) in [6, 6.07) is 5.27. The highest BCUT2D eigenvalue weighted by Crippen LogP contribution is 2.32. The second kappa shape index (κ2) is 6.85. The summed E-state index contributed by atoms with van der Waals surface area (Å²) >= 11 is 1.70. The molecule has 0 aliphatic carbocycles.